The van der Waals surface area contributed by atoms with Gasteiger partial charge in [-0.05, 0) is 64.7 Å². The Kier molecular flexibility index (Phi) is 7.99. The average Bonchev–Trinajstić information content (AvgIpc) is 2.83. The van der Waals surface area contributed by atoms with E-state index in [1.165, 1.54) is 4.90 Å². The van der Waals surface area contributed by atoms with Gasteiger partial charge < -0.3 is 19.4 Å². The van der Waals surface area contributed by atoms with E-state index in [2.05, 4.69) is 22.2 Å². The quantitative estimate of drug-likeness (QED) is 0.645. The minimum atomic E-state index is -0.466. The molecule has 3 aliphatic heterocycles. The SMILES string of the molecule is CN(c1ccc(Cl)c(N2CCC(=O)NC2=O)c1)C1CCN(C2CCN(C(=O)OC(C)(C)C)CC2)CC1. The van der Waals surface area contributed by atoms with Crippen molar-refractivity contribution < 1.29 is 19.1 Å². The molecule has 1 aromatic rings. The zero-order valence-corrected chi connectivity index (χ0v) is 22.5. The molecule has 0 spiro atoms. The zero-order chi connectivity index (χ0) is 26.0. The first-order valence-corrected chi connectivity index (χ1v) is 13.3. The van der Waals surface area contributed by atoms with E-state index in [1.807, 2.05) is 43.9 Å². The maximum atomic E-state index is 12.4. The third-order valence-corrected chi connectivity index (χ3v) is 7.68. The summed E-state index contributed by atoms with van der Waals surface area (Å²) in [5, 5.41) is 2.85. The lowest BCUT2D eigenvalue weighted by atomic mass is 9.97. The van der Waals surface area contributed by atoms with E-state index in [9.17, 15) is 14.4 Å². The summed E-state index contributed by atoms with van der Waals surface area (Å²) >= 11 is 6.42. The average molecular weight is 520 g/mol. The lowest BCUT2D eigenvalue weighted by Crippen LogP contribution is -2.52. The number of nitrogens with zero attached hydrogens (tertiary/aromatic N) is 4. The number of piperidine rings is 2. The molecular weight excluding hydrogens is 482 g/mol. The van der Waals surface area contributed by atoms with Crippen molar-refractivity contribution in [3.8, 4) is 0 Å². The van der Waals surface area contributed by atoms with Crippen LogP contribution in [0.25, 0.3) is 0 Å². The fraction of sp³-hybridized carbons (Fsp3) is 0.654. The molecule has 0 aromatic heterocycles. The van der Waals surface area contributed by atoms with Gasteiger partial charge in [-0.1, -0.05) is 11.6 Å². The number of likely N-dealkylation sites (tertiary alicyclic amines) is 2. The Hall–Kier alpha value is -2.52. The number of hydrogen-bond acceptors (Lipinski definition) is 6. The highest BCUT2D eigenvalue weighted by Gasteiger charge is 2.33. The van der Waals surface area contributed by atoms with E-state index in [1.54, 1.807) is 0 Å². The Morgan fingerprint density at radius 3 is 2.33 bits per heavy atom. The second-order valence-corrected chi connectivity index (χ2v) is 11.4. The normalized spacial score (nSPS) is 20.9. The number of rotatable bonds is 4. The first kappa shape index (κ1) is 26.5. The molecule has 1 aromatic carbocycles. The van der Waals surface area contributed by atoms with Crippen LogP contribution in [0.3, 0.4) is 0 Å². The molecule has 198 valence electrons. The van der Waals surface area contributed by atoms with E-state index in [0.717, 1.165) is 57.5 Å². The van der Waals surface area contributed by atoms with Crippen LogP contribution in [0.2, 0.25) is 5.02 Å². The maximum absolute atomic E-state index is 12.4. The number of benzene rings is 1. The number of carbonyl (C=O) groups is 3. The van der Waals surface area contributed by atoms with Crippen LogP contribution in [-0.2, 0) is 9.53 Å². The Morgan fingerprint density at radius 1 is 1.06 bits per heavy atom. The Bertz CT molecular complexity index is 981. The molecule has 1 N–H and O–H groups in total. The van der Waals surface area contributed by atoms with Gasteiger partial charge >= 0.3 is 12.1 Å². The van der Waals surface area contributed by atoms with E-state index in [4.69, 9.17) is 16.3 Å². The van der Waals surface area contributed by atoms with E-state index < -0.39 is 11.6 Å². The summed E-state index contributed by atoms with van der Waals surface area (Å²) in [5.74, 6) is -0.261. The lowest BCUT2D eigenvalue weighted by molar-refractivity contribution is -0.120. The number of amides is 4. The van der Waals surface area contributed by atoms with E-state index in [0.29, 0.717) is 29.3 Å². The highest BCUT2D eigenvalue weighted by atomic mass is 35.5. The molecule has 0 aliphatic carbocycles. The third kappa shape index (κ3) is 6.24. The lowest BCUT2D eigenvalue weighted by Gasteiger charge is -2.44. The summed E-state index contributed by atoms with van der Waals surface area (Å²) in [6.07, 6.45) is 4.08. The summed E-state index contributed by atoms with van der Waals surface area (Å²) < 4.78 is 5.52. The van der Waals surface area contributed by atoms with Crippen LogP contribution < -0.4 is 15.1 Å². The zero-order valence-electron chi connectivity index (χ0n) is 21.8. The van der Waals surface area contributed by atoms with E-state index in [-0.39, 0.29) is 18.4 Å². The fourth-order valence-electron chi connectivity index (χ4n) is 5.31. The molecule has 4 rings (SSSR count). The number of halogens is 1. The summed E-state index contributed by atoms with van der Waals surface area (Å²) in [6.45, 7) is 9.53. The number of ether oxygens (including phenoxy) is 1. The molecule has 36 heavy (non-hydrogen) atoms. The van der Waals surface area contributed by atoms with Gasteiger partial charge in [-0.3, -0.25) is 15.0 Å². The Labute approximate surface area is 218 Å². The van der Waals surface area contributed by atoms with Crippen molar-refractivity contribution in [2.45, 2.75) is 70.6 Å². The summed E-state index contributed by atoms with van der Waals surface area (Å²) in [5.41, 5.74) is 1.16. The maximum Gasteiger partial charge on any atom is 0.410 e. The summed E-state index contributed by atoms with van der Waals surface area (Å²) in [4.78, 5) is 44.4. The van der Waals surface area contributed by atoms with Gasteiger partial charge in [0.15, 0.2) is 0 Å². The minimum Gasteiger partial charge on any atom is -0.444 e. The number of nitrogens with one attached hydrogen (secondary N) is 1. The molecule has 3 aliphatic rings. The monoisotopic (exact) mass is 519 g/mol. The van der Waals surface area contributed by atoms with Gasteiger partial charge in [0.05, 0.1) is 10.7 Å². The predicted molar refractivity (Wildman–Crippen MR) is 141 cm³/mol. The minimum absolute atomic E-state index is 0.211. The molecule has 0 atom stereocenters. The number of carbonyl (C=O) groups excluding carboxylic acids is 3. The number of anilines is 2. The second kappa shape index (κ2) is 10.8. The third-order valence-electron chi connectivity index (χ3n) is 7.36. The molecule has 0 radical (unpaired) electrons. The van der Waals surface area contributed by atoms with Crippen molar-refractivity contribution in [3.05, 3.63) is 23.2 Å². The van der Waals surface area contributed by atoms with Gasteiger partial charge in [-0.2, -0.15) is 0 Å². The van der Waals surface area contributed by atoms with Crippen molar-refractivity contribution in [3.63, 3.8) is 0 Å². The molecule has 3 heterocycles. The van der Waals surface area contributed by atoms with Crippen LogP contribution in [0.4, 0.5) is 21.0 Å². The van der Waals surface area contributed by atoms with Crippen molar-refractivity contribution in [1.82, 2.24) is 15.1 Å². The topological polar surface area (TPSA) is 85.4 Å². The van der Waals surface area contributed by atoms with Gasteiger partial charge in [0.1, 0.15) is 5.60 Å². The van der Waals surface area contributed by atoms with Crippen molar-refractivity contribution in [2.24, 2.45) is 0 Å². The Morgan fingerprint density at radius 2 is 1.72 bits per heavy atom. The smallest absolute Gasteiger partial charge is 0.410 e. The number of urea groups is 1. The molecule has 0 bridgehead atoms. The Balaban J connectivity index is 1.30. The van der Waals surface area contributed by atoms with Gasteiger partial charge in [0.2, 0.25) is 5.91 Å². The van der Waals surface area contributed by atoms with Crippen molar-refractivity contribution in [1.29, 1.82) is 0 Å². The van der Waals surface area contributed by atoms with Crippen LogP contribution in [0.15, 0.2) is 18.2 Å². The fourth-order valence-corrected chi connectivity index (χ4v) is 5.53. The van der Waals surface area contributed by atoms with Crippen LogP contribution in [0.5, 0.6) is 0 Å². The highest BCUT2D eigenvalue weighted by molar-refractivity contribution is 6.34. The highest BCUT2D eigenvalue weighted by Crippen LogP contribution is 2.33. The first-order valence-electron chi connectivity index (χ1n) is 12.9. The summed E-state index contributed by atoms with van der Waals surface area (Å²) in [6, 6.07) is 6.19. The molecule has 10 heteroatoms. The molecule has 4 amide bonds. The van der Waals surface area contributed by atoms with Crippen molar-refractivity contribution in [2.75, 3.05) is 49.6 Å². The largest absolute Gasteiger partial charge is 0.444 e. The molecule has 3 saturated heterocycles. The molecule has 9 nitrogen and oxygen atoms in total. The predicted octanol–water partition coefficient (Wildman–Crippen LogP) is 4.09. The molecular formula is C26H38ClN5O4. The standard InChI is InChI=1S/C26H38ClN5O4/c1-26(2,3)36-25(35)31-14-9-19(10-15-31)30-12-7-18(8-13-30)29(4)20-5-6-21(27)22(17-20)32-16-11-23(33)28-24(32)34/h5-6,17-19H,7-16H2,1-4H3,(H,28,33,34). The van der Waals surface area contributed by atoms with Gasteiger partial charge in [0, 0.05) is 64.0 Å². The molecule has 0 unspecified atom stereocenters. The van der Waals surface area contributed by atoms with Gasteiger partial charge in [0.25, 0.3) is 0 Å². The van der Waals surface area contributed by atoms with Crippen LogP contribution in [0.1, 0.15) is 52.9 Å². The van der Waals surface area contributed by atoms with E-state index >= 15 is 0 Å². The van der Waals surface area contributed by atoms with Crippen molar-refractivity contribution >= 4 is 41.0 Å². The van der Waals surface area contributed by atoms with Crippen LogP contribution >= 0.6 is 11.6 Å². The summed E-state index contributed by atoms with van der Waals surface area (Å²) in [7, 11) is 2.09. The van der Waals surface area contributed by atoms with Crippen LogP contribution in [0, 0.1) is 0 Å². The number of hydrogen-bond donors (Lipinski definition) is 1. The molecule has 3 fully saturated rings. The number of imide groups is 1. The van der Waals surface area contributed by atoms with Gasteiger partial charge in [-0.25, -0.2) is 9.59 Å². The second-order valence-electron chi connectivity index (χ2n) is 11.0. The van der Waals surface area contributed by atoms with Gasteiger partial charge in [-0.15, -0.1) is 0 Å². The first-order chi connectivity index (χ1) is 17.0. The van der Waals surface area contributed by atoms with Crippen LogP contribution in [-0.4, -0.2) is 85.3 Å². The molecule has 0 saturated carbocycles.